The lowest BCUT2D eigenvalue weighted by Gasteiger charge is -2.24. The van der Waals surface area contributed by atoms with Crippen molar-refractivity contribution < 1.29 is 14.7 Å². The van der Waals surface area contributed by atoms with Gasteiger partial charge >= 0.3 is 12.0 Å². The maximum atomic E-state index is 11.5. The lowest BCUT2D eigenvalue weighted by molar-refractivity contribution is -0.137. The molecule has 1 aliphatic carbocycles. The fourth-order valence-electron chi connectivity index (χ4n) is 2.46. The first-order valence-corrected chi connectivity index (χ1v) is 6.95. The number of carbonyl (C=O) groups is 2. The fraction of sp³-hybridized carbons (Fsp3) is 0.846. The van der Waals surface area contributed by atoms with Crippen LogP contribution in [0.2, 0.25) is 0 Å². The molecule has 1 atom stereocenters. The van der Waals surface area contributed by atoms with Crippen molar-refractivity contribution in [1.82, 2.24) is 15.5 Å². The normalized spacial score (nSPS) is 17.4. The number of likely N-dealkylation sites (N-methyl/N-ethyl adjacent to an activating group) is 1. The number of hydrogen-bond donors (Lipinski definition) is 3. The summed E-state index contributed by atoms with van der Waals surface area (Å²) in [6.45, 7) is 3.09. The molecule has 2 amide bonds. The van der Waals surface area contributed by atoms with E-state index in [4.69, 9.17) is 5.11 Å². The van der Waals surface area contributed by atoms with Gasteiger partial charge in [0.05, 0.1) is 6.42 Å². The van der Waals surface area contributed by atoms with Crippen LogP contribution < -0.4 is 10.6 Å². The zero-order valence-corrected chi connectivity index (χ0v) is 11.8. The summed E-state index contributed by atoms with van der Waals surface area (Å²) in [5.41, 5.74) is 0. The summed E-state index contributed by atoms with van der Waals surface area (Å²) in [4.78, 5) is 24.3. The maximum Gasteiger partial charge on any atom is 0.315 e. The van der Waals surface area contributed by atoms with Crippen molar-refractivity contribution in [2.24, 2.45) is 0 Å². The SMILES string of the molecule is CC(CC(=O)O)NC(=O)NCCN(C)C1CCCC1. The molecule has 110 valence electrons. The van der Waals surface area contributed by atoms with E-state index in [0.717, 1.165) is 6.54 Å². The number of amides is 2. The minimum atomic E-state index is -0.909. The molecule has 3 N–H and O–H groups in total. The number of hydrogen-bond acceptors (Lipinski definition) is 3. The van der Waals surface area contributed by atoms with E-state index in [1.165, 1.54) is 25.7 Å². The molecule has 0 aromatic carbocycles. The number of carboxylic acid groups (broad SMARTS) is 1. The Hall–Kier alpha value is -1.30. The molecule has 19 heavy (non-hydrogen) atoms. The molecule has 1 saturated carbocycles. The zero-order valence-electron chi connectivity index (χ0n) is 11.8. The predicted molar refractivity (Wildman–Crippen MR) is 73.1 cm³/mol. The first kappa shape index (κ1) is 15.8. The van der Waals surface area contributed by atoms with Gasteiger partial charge in [0.1, 0.15) is 0 Å². The molecule has 6 heteroatoms. The highest BCUT2D eigenvalue weighted by Crippen LogP contribution is 2.21. The third-order valence-corrected chi connectivity index (χ3v) is 3.56. The first-order valence-electron chi connectivity index (χ1n) is 6.95. The number of carbonyl (C=O) groups excluding carboxylic acids is 1. The Balaban J connectivity index is 2.10. The molecule has 0 aromatic rings. The molecule has 1 rings (SSSR count). The number of carboxylic acids is 1. The van der Waals surface area contributed by atoms with Crippen LogP contribution in [-0.4, -0.2) is 54.2 Å². The summed E-state index contributed by atoms with van der Waals surface area (Å²) in [7, 11) is 2.09. The van der Waals surface area contributed by atoms with Crippen LogP contribution in [-0.2, 0) is 4.79 Å². The van der Waals surface area contributed by atoms with Crippen molar-refractivity contribution in [3.63, 3.8) is 0 Å². The highest BCUT2D eigenvalue weighted by atomic mass is 16.4. The Morgan fingerprint density at radius 1 is 1.37 bits per heavy atom. The van der Waals surface area contributed by atoms with E-state index in [1.807, 2.05) is 0 Å². The van der Waals surface area contributed by atoms with Gasteiger partial charge in [0.15, 0.2) is 0 Å². The molecule has 1 unspecified atom stereocenters. The molecular formula is C13H25N3O3. The Kier molecular flexibility index (Phi) is 6.62. The fourth-order valence-corrected chi connectivity index (χ4v) is 2.46. The second-order valence-electron chi connectivity index (χ2n) is 5.32. The molecule has 0 saturated heterocycles. The van der Waals surface area contributed by atoms with Gasteiger partial charge in [0, 0.05) is 25.2 Å². The summed E-state index contributed by atoms with van der Waals surface area (Å²) in [5, 5.41) is 14.0. The Morgan fingerprint density at radius 3 is 2.58 bits per heavy atom. The summed E-state index contributed by atoms with van der Waals surface area (Å²) in [5.74, 6) is -0.909. The van der Waals surface area contributed by atoms with Crippen LogP contribution >= 0.6 is 0 Å². The van der Waals surface area contributed by atoms with Gasteiger partial charge in [-0.1, -0.05) is 12.8 Å². The minimum absolute atomic E-state index is 0.0601. The quantitative estimate of drug-likeness (QED) is 0.646. The molecule has 0 aliphatic heterocycles. The van der Waals surface area contributed by atoms with Gasteiger partial charge in [-0.2, -0.15) is 0 Å². The van der Waals surface area contributed by atoms with E-state index in [0.29, 0.717) is 12.6 Å². The number of nitrogens with one attached hydrogen (secondary N) is 2. The van der Waals surface area contributed by atoms with Crippen molar-refractivity contribution in [1.29, 1.82) is 0 Å². The van der Waals surface area contributed by atoms with E-state index in [9.17, 15) is 9.59 Å². The van der Waals surface area contributed by atoms with Gasteiger partial charge in [-0.15, -0.1) is 0 Å². The smallest absolute Gasteiger partial charge is 0.315 e. The minimum Gasteiger partial charge on any atom is -0.481 e. The van der Waals surface area contributed by atoms with Crippen LogP contribution in [0, 0.1) is 0 Å². The largest absolute Gasteiger partial charge is 0.481 e. The van der Waals surface area contributed by atoms with Crippen LogP contribution in [0.4, 0.5) is 4.79 Å². The van der Waals surface area contributed by atoms with E-state index < -0.39 is 5.97 Å². The van der Waals surface area contributed by atoms with E-state index in [1.54, 1.807) is 6.92 Å². The van der Waals surface area contributed by atoms with Gasteiger partial charge in [-0.25, -0.2) is 4.79 Å². The topological polar surface area (TPSA) is 81.7 Å². The molecule has 0 bridgehead atoms. The van der Waals surface area contributed by atoms with Crippen LogP contribution in [0.15, 0.2) is 0 Å². The van der Waals surface area contributed by atoms with Crippen molar-refractivity contribution in [3.8, 4) is 0 Å². The molecule has 1 fully saturated rings. The number of urea groups is 1. The standard InChI is InChI=1S/C13H25N3O3/c1-10(9-12(17)18)15-13(19)14-7-8-16(2)11-5-3-4-6-11/h10-11H,3-9H2,1-2H3,(H,17,18)(H2,14,15,19). The van der Waals surface area contributed by atoms with Crippen molar-refractivity contribution in [2.45, 2.75) is 51.1 Å². The molecule has 0 spiro atoms. The van der Waals surface area contributed by atoms with Crippen LogP contribution in [0.5, 0.6) is 0 Å². The van der Waals surface area contributed by atoms with Gasteiger partial charge < -0.3 is 20.6 Å². The highest BCUT2D eigenvalue weighted by molar-refractivity contribution is 5.75. The van der Waals surface area contributed by atoms with E-state index >= 15 is 0 Å². The molecule has 0 heterocycles. The van der Waals surface area contributed by atoms with E-state index in [2.05, 4.69) is 22.6 Å². The average Bonchev–Trinajstić information content (AvgIpc) is 2.80. The van der Waals surface area contributed by atoms with Gasteiger partial charge in [0.25, 0.3) is 0 Å². The summed E-state index contributed by atoms with van der Waals surface area (Å²) < 4.78 is 0. The second kappa shape index (κ2) is 7.99. The Morgan fingerprint density at radius 2 is 2.00 bits per heavy atom. The summed E-state index contributed by atoms with van der Waals surface area (Å²) in [6.07, 6.45) is 5.04. The second-order valence-corrected chi connectivity index (χ2v) is 5.32. The molecule has 1 aliphatic rings. The Bertz CT molecular complexity index is 304. The lowest BCUT2D eigenvalue weighted by atomic mass is 10.2. The van der Waals surface area contributed by atoms with Crippen molar-refractivity contribution in [3.05, 3.63) is 0 Å². The number of rotatable bonds is 7. The number of nitrogens with zero attached hydrogens (tertiary/aromatic N) is 1. The van der Waals surface area contributed by atoms with Crippen LogP contribution in [0.3, 0.4) is 0 Å². The van der Waals surface area contributed by atoms with Gasteiger partial charge in [-0.05, 0) is 26.8 Å². The summed E-state index contributed by atoms with van der Waals surface area (Å²) in [6, 6.07) is -0.00516. The molecule has 0 radical (unpaired) electrons. The molecule has 6 nitrogen and oxygen atoms in total. The molecular weight excluding hydrogens is 246 g/mol. The van der Waals surface area contributed by atoms with Crippen LogP contribution in [0.1, 0.15) is 39.0 Å². The molecule has 0 aromatic heterocycles. The number of aliphatic carboxylic acids is 1. The van der Waals surface area contributed by atoms with Crippen molar-refractivity contribution in [2.75, 3.05) is 20.1 Å². The third-order valence-electron chi connectivity index (χ3n) is 3.56. The lowest BCUT2D eigenvalue weighted by Crippen LogP contribution is -2.44. The zero-order chi connectivity index (χ0) is 14.3. The average molecular weight is 271 g/mol. The van der Waals surface area contributed by atoms with Crippen molar-refractivity contribution >= 4 is 12.0 Å². The highest BCUT2D eigenvalue weighted by Gasteiger charge is 2.19. The van der Waals surface area contributed by atoms with Gasteiger partial charge in [0.2, 0.25) is 0 Å². The maximum absolute atomic E-state index is 11.5. The third kappa shape index (κ3) is 6.42. The van der Waals surface area contributed by atoms with Crippen LogP contribution in [0.25, 0.3) is 0 Å². The predicted octanol–water partition coefficient (Wildman–Crippen LogP) is 1.02. The van der Waals surface area contributed by atoms with E-state index in [-0.39, 0.29) is 18.5 Å². The monoisotopic (exact) mass is 271 g/mol. The van der Waals surface area contributed by atoms with Gasteiger partial charge in [-0.3, -0.25) is 4.79 Å². The summed E-state index contributed by atoms with van der Waals surface area (Å²) >= 11 is 0. The first-order chi connectivity index (χ1) is 8.99. The Labute approximate surface area is 114 Å².